The monoisotopic (exact) mass is 566 g/mol. The molecule has 1 N–H and O–H groups in total. The third-order valence-electron chi connectivity index (χ3n) is 7.24. The van der Waals surface area contributed by atoms with Crippen LogP contribution in [0.3, 0.4) is 0 Å². The number of pyridine rings is 1. The van der Waals surface area contributed by atoms with E-state index in [4.69, 9.17) is 38.9 Å². The van der Waals surface area contributed by atoms with E-state index in [9.17, 15) is 0 Å². The van der Waals surface area contributed by atoms with Gasteiger partial charge >= 0.3 is 0 Å². The largest absolute Gasteiger partial charge is 0.497 e. The molecule has 0 spiro atoms. The van der Waals surface area contributed by atoms with Crippen molar-refractivity contribution >= 4 is 17.1 Å². The highest BCUT2D eigenvalue weighted by Crippen LogP contribution is 2.39. The van der Waals surface area contributed by atoms with Crippen LogP contribution in [0, 0.1) is 5.92 Å². The minimum atomic E-state index is 0.504. The molecule has 3 aromatic heterocycles. The highest BCUT2D eigenvalue weighted by Gasteiger charge is 2.28. The SMILES string of the molecule is CCOc1cccc(-c2nc3nc(CC4CC4)c(NCc4ccc(OC)cc4)nc3n2-c2c(OC)cccc2OC)n1. The lowest BCUT2D eigenvalue weighted by molar-refractivity contribution is 0.327. The van der Waals surface area contributed by atoms with Crippen LogP contribution in [0.4, 0.5) is 5.82 Å². The Balaban J connectivity index is 1.54. The standard InChI is InChI=1S/C32H34N6O4/c1-5-42-27-11-6-8-23(34-27)31-37-30-32(38(31)28-25(40-3)9-7-10-26(28)41-4)36-29(24(35-30)18-20-12-13-20)33-19-21-14-16-22(39-2)17-15-21/h6-11,14-17,20H,5,12-13,18-19H2,1-4H3,(H,33,36). The van der Waals surface area contributed by atoms with Gasteiger partial charge in [0.1, 0.15) is 28.6 Å². The molecule has 1 fully saturated rings. The van der Waals surface area contributed by atoms with Crippen LogP contribution in [0.2, 0.25) is 0 Å². The summed E-state index contributed by atoms with van der Waals surface area (Å²) in [6.45, 7) is 3.02. The number of ether oxygens (including phenoxy) is 4. The van der Waals surface area contributed by atoms with Crippen molar-refractivity contribution in [2.75, 3.05) is 33.3 Å². The van der Waals surface area contributed by atoms with Gasteiger partial charge in [0.15, 0.2) is 22.9 Å². The fourth-order valence-electron chi connectivity index (χ4n) is 4.94. The highest BCUT2D eigenvalue weighted by molar-refractivity contribution is 5.80. The molecule has 6 rings (SSSR count). The molecule has 216 valence electrons. The van der Waals surface area contributed by atoms with Crippen LogP contribution < -0.4 is 24.3 Å². The van der Waals surface area contributed by atoms with E-state index in [0.29, 0.717) is 64.9 Å². The molecule has 0 saturated heterocycles. The Bertz CT molecular complexity index is 1680. The number of rotatable bonds is 12. The number of hydrogen-bond donors (Lipinski definition) is 1. The maximum atomic E-state index is 5.81. The van der Waals surface area contributed by atoms with Crippen molar-refractivity contribution in [1.82, 2.24) is 24.5 Å². The number of hydrogen-bond acceptors (Lipinski definition) is 9. The first-order valence-corrected chi connectivity index (χ1v) is 14.1. The second-order valence-corrected chi connectivity index (χ2v) is 10.1. The highest BCUT2D eigenvalue weighted by atomic mass is 16.5. The summed E-state index contributed by atoms with van der Waals surface area (Å²) in [4.78, 5) is 20.0. The minimum Gasteiger partial charge on any atom is -0.497 e. The van der Waals surface area contributed by atoms with Gasteiger partial charge in [0.2, 0.25) is 5.88 Å². The van der Waals surface area contributed by atoms with E-state index in [-0.39, 0.29) is 0 Å². The van der Waals surface area contributed by atoms with Crippen LogP contribution in [0.25, 0.3) is 28.5 Å². The van der Waals surface area contributed by atoms with Crippen LogP contribution in [0.1, 0.15) is 31.0 Å². The van der Waals surface area contributed by atoms with Crippen LogP contribution in [0.15, 0.2) is 60.7 Å². The summed E-state index contributed by atoms with van der Waals surface area (Å²) in [5.74, 6) is 4.43. The zero-order valence-electron chi connectivity index (χ0n) is 24.3. The Morgan fingerprint density at radius 2 is 1.57 bits per heavy atom. The van der Waals surface area contributed by atoms with Crippen LogP contribution in [-0.2, 0) is 13.0 Å². The minimum absolute atomic E-state index is 0.504. The van der Waals surface area contributed by atoms with Gasteiger partial charge < -0.3 is 24.3 Å². The normalized spacial score (nSPS) is 12.8. The van der Waals surface area contributed by atoms with Gasteiger partial charge in [-0.2, -0.15) is 0 Å². The quantitative estimate of drug-likeness (QED) is 0.199. The van der Waals surface area contributed by atoms with Gasteiger partial charge in [-0.15, -0.1) is 0 Å². The van der Waals surface area contributed by atoms with Crippen LogP contribution in [-0.4, -0.2) is 52.4 Å². The maximum Gasteiger partial charge on any atom is 0.213 e. The molecule has 1 aliphatic rings. The summed E-state index contributed by atoms with van der Waals surface area (Å²) in [6.07, 6.45) is 3.24. The lowest BCUT2D eigenvalue weighted by atomic mass is 10.2. The molecular weight excluding hydrogens is 532 g/mol. The van der Waals surface area contributed by atoms with Crippen molar-refractivity contribution in [1.29, 1.82) is 0 Å². The Morgan fingerprint density at radius 3 is 2.24 bits per heavy atom. The number of methoxy groups -OCH3 is 3. The lowest BCUT2D eigenvalue weighted by Gasteiger charge is -2.17. The fourth-order valence-corrected chi connectivity index (χ4v) is 4.94. The predicted octanol–water partition coefficient (Wildman–Crippen LogP) is 5.87. The summed E-state index contributed by atoms with van der Waals surface area (Å²) >= 11 is 0. The number of imidazole rings is 1. The maximum absolute atomic E-state index is 5.81. The van der Waals surface area contributed by atoms with Gasteiger partial charge in [-0.1, -0.05) is 24.3 Å². The van der Waals surface area contributed by atoms with Crippen LogP contribution in [0.5, 0.6) is 23.1 Å². The molecular formula is C32H34N6O4. The van der Waals surface area contributed by atoms with Crippen molar-refractivity contribution in [3.8, 4) is 40.3 Å². The molecule has 2 aromatic carbocycles. The molecule has 0 amide bonds. The van der Waals surface area contributed by atoms with Crippen molar-refractivity contribution in [3.05, 3.63) is 71.9 Å². The summed E-state index contributed by atoms with van der Waals surface area (Å²) in [5.41, 5.74) is 4.37. The van der Waals surface area contributed by atoms with Gasteiger partial charge in [0.25, 0.3) is 0 Å². The molecule has 10 heteroatoms. The molecule has 0 radical (unpaired) electrons. The Morgan fingerprint density at radius 1 is 0.833 bits per heavy atom. The first kappa shape index (κ1) is 27.3. The summed E-state index contributed by atoms with van der Waals surface area (Å²) in [5, 5.41) is 3.55. The number of fused-ring (bicyclic) bond motifs is 1. The van der Waals surface area contributed by atoms with Gasteiger partial charge in [0, 0.05) is 12.6 Å². The first-order valence-electron chi connectivity index (χ1n) is 14.1. The Hall–Kier alpha value is -4.86. The zero-order valence-corrected chi connectivity index (χ0v) is 24.3. The van der Waals surface area contributed by atoms with Crippen LogP contribution >= 0.6 is 0 Å². The van der Waals surface area contributed by atoms with E-state index in [0.717, 1.165) is 29.2 Å². The van der Waals surface area contributed by atoms with E-state index in [2.05, 4.69) is 5.32 Å². The van der Waals surface area contributed by atoms with Gasteiger partial charge in [-0.05, 0) is 68.0 Å². The average molecular weight is 567 g/mol. The van der Waals surface area contributed by atoms with Gasteiger partial charge in [-0.25, -0.2) is 19.9 Å². The van der Waals surface area contributed by atoms with Crippen molar-refractivity contribution in [3.63, 3.8) is 0 Å². The number of aromatic nitrogens is 5. The van der Waals surface area contributed by atoms with E-state index in [1.807, 2.05) is 72.2 Å². The molecule has 0 atom stereocenters. The smallest absolute Gasteiger partial charge is 0.213 e. The van der Waals surface area contributed by atoms with E-state index < -0.39 is 0 Å². The first-order chi connectivity index (χ1) is 20.6. The number of para-hydroxylation sites is 1. The lowest BCUT2D eigenvalue weighted by Crippen LogP contribution is -2.10. The van der Waals surface area contributed by atoms with Crippen molar-refractivity contribution in [2.24, 2.45) is 5.92 Å². The summed E-state index contributed by atoms with van der Waals surface area (Å²) < 4.78 is 24.5. The fraction of sp³-hybridized carbons (Fsp3) is 0.312. The average Bonchev–Trinajstić information content (AvgIpc) is 3.77. The second-order valence-electron chi connectivity index (χ2n) is 10.1. The van der Waals surface area contributed by atoms with Crippen molar-refractivity contribution in [2.45, 2.75) is 32.7 Å². The third-order valence-corrected chi connectivity index (χ3v) is 7.24. The molecule has 1 aliphatic carbocycles. The number of anilines is 1. The number of nitrogens with zero attached hydrogens (tertiary/aromatic N) is 5. The topological polar surface area (TPSA) is 105 Å². The summed E-state index contributed by atoms with van der Waals surface area (Å²) in [6, 6.07) is 19.3. The van der Waals surface area contributed by atoms with E-state index >= 15 is 0 Å². The molecule has 3 heterocycles. The Kier molecular flexibility index (Phi) is 7.76. The summed E-state index contributed by atoms with van der Waals surface area (Å²) in [7, 11) is 4.93. The number of benzene rings is 2. The van der Waals surface area contributed by atoms with E-state index in [1.165, 1.54) is 12.8 Å². The molecule has 10 nitrogen and oxygen atoms in total. The molecule has 5 aromatic rings. The molecule has 42 heavy (non-hydrogen) atoms. The second kappa shape index (κ2) is 11.9. The molecule has 1 saturated carbocycles. The third kappa shape index (κ3) is 5.52. The molecule has 0 bridgehead atoms. The van der Waals surface area contributed by atoms with Gasteiger partial charge in [-0.3, -0.25) is 4.57 Å². The number of nitrogens with one attached hydrogen (secondary N) is 1. The predicted molar refractivity (Wildman–Crippen MR) is 161 cm³/mol. The van der Waals surface area contributed by atoms with Gasteiger partial charge in [0.05, 0.1) is 33.6 Å². The zero-order chi connectivity index (χ0) is 29.1. The Labute approximate surface area is 244 Å². The molecule has 0 unspecified atom stereocenters. The van der Waals surface area contributed by atoms with E-state index in [1.54, 1.807) is 21.3 Å². The van der Waals surface area contributed by atoms with Crippen molar-refractivity contribution < 1.29 is 18.9 Å². The molecule has 0 aliphatic heterocycles.